The van der Waals surface area contributed by atoms with Crippen LogP contribution in [0, 0.1) is 0 Å². The fraction of sp³-hybridized carbons (Fsp3) is 0.500. The highest BCUT2D eigenvalue weighted by Crippen LogP contribution is 2.34. The lowest BCUT2D eigenvalue weighted by molar-refractivity contribution is 0.627. The maximum Gasteiger partial charge on any atom is 0.137 e. The molecule has 0 aliphatic heterocycles. The van der Waals surface area contributed by atoms with Gasteiger partial charge < -0.3 is 0 Å². The average Bonchev–Trinajstić information content (AvgIpc) is 2.50. The summed E-state index contributed by atoms with van der Waals surface area (Å²) < 4.78 is 0. The molecule has 0 saturated carbocycles. The van der Waals surface area contributed by atoms with Crippen molar-refractivity contribution in [1.82, 2.24) is 10.2 Å². The first-order chi connectivity index (χ1) is 9.92. The Morgan fingerprint density at radius 2 is 1.80 bits per heavy atom. The van der Waals surface area contributed by atoms with Gasteiger partial charge in [0.1, 0.15) is 5.03 Å². The molecule has 0 spiro atoms. The van der Waals surface area contributed by atoms with Gasteiger partial charge >= 0.3 is 0 Å². The molecule has 2 aromatic rings. The van der Waals surface area contributed by atoms with E-state index in [1.54, 1.807) is 10.8 Å². The van der Waals surface area contributed by atoms with E-state index < -0.39 is 0 Å². The van der Waals surface area contributed by atoms with Gasteiger partial charge in [0, 0.05) is 16.5 Å². The molecule has 0 radical (unpaired) electrons. The van der Waals surface area contributed by atoms with Crippen LogP contribution in [0.5, 0.6) is 0 Å². The van der Waals surface area contributed by atoms with Crippen LogP contribution in [0.25, 0.3) is 10.8 Å². The summed E-state index contributed by atoms with van der Waals surface area (Å²) in [5.41, 5.74) is 0. The molecule has 108 valence electrons. The van der Waals surface area contributed by atoms with Crippen molar-refractivity contribution in [2.24, 2.45) is 0 Å². The topological polar surface area (TPSA) is 25.8 Å². The first kappa shape index (κ1) is 15.6. The van der Waals surface area contributed by atoms with Gasteiger partial charge in [-0.2, -0.15) is 5.10 Å². The van der Waals surface area contributed by atoms with Gasteiger partial charge in [-0.25, -0.2) is 0 Å². The lowest BCUT2D eigenvalue weighted by Crippen LogP contribution is -1.86. The Morgan fingerprint density at radius 1 is 1.00 bits per heavy atom. The van der Waals surface area contributed by atoms with E-state index in [1.807, 2.05) is 23.1 Å². The highest BCUT2D eigenvalue weighted by atomic mass is 33.1. The zero-order valence-electron chi connectivity index (χ0n) is 12.0. The molecule has 0 saturated heterocycles. The second-order valence-electron chi connectivity index (χ2n) is 4.91. The van der Waals surface area contributed by atoms with Gasteiger partial charge in [0.05, 0.1) is 6.20 Å². The smallest absolute Gasteiger partial charge is 0.137 e. The molecule has 0 fully saturated rings. The van der Waals surface area contributed by atoms with E-state index >= 15 is 0 Å². The van der Waals surface area contributed by atoms with Gasteiger partial charge in [0.25, 0.3) is 0 Å². The maximum absolute atomic E-state index is 4.26. The molecule has 0 amide bonds. The van der Waals surface area contributed by atoms with Gasteiger partial charge in [-0.05, 0) is 17.2 Å². The van der Waals surface area contributed by atoms with Gasteiger partial charge in [-0.3, -0.25) is 0 Å². The van der Waals surface area contributed by atoms with Gasteiger partial charge in [-0.15, -0.1) is 5.10 Å². The summed E-state index contributed by atoms with van der Waals surface area (Å²) in [6, 6.07) is 8.32. The Morgan fingerprint density at radius 3 is 2.70 bits per heavy atom. The van der Waals surface area contributed by atoms with Crippen LogP contribution in [0.2, 0.25) is 0 Å². The fourth-order valence-corrected chi connectivity index (χ4v) is 4.28. The van der Waals surface area contributed by atoms with Crippen LogP contribution in [0.3, 0.4) is 0 Å². The summed E-state index contributed by atoms with van der Waals surface area (Å²) in [5.74, 6) is 1.20. The predicted molar refractivity (Wildman–Crippen MR) is 91.2 cm³/mol. The Hall–Kier alpha value is -0.740. The van der Waals surface area contributed by atoms with Gasteiger partial charge in [0.2, 0.25) is 0 Å². The molecule has 0 bridgehead atoms. The number of aromatic nitrogens is 2. The largest absolute Gasteiger partial charge is 0.157 e. The first-order valence-electron chi connectivity index (χ1n) is 7.41. The fourth-order valence-electron chi connectivity index (χ4n) is 2.10. The molecule has 0 atom stereocenters. The number of fused-ring (bicyclic) bond motifs is 1. The third kappa shape index (κ3) is 4.98. The molecule has 4 heteroatoms. The van der Waals surface area contributed by atoms with Crippen molar-refractivity contribution in [1.29, 1.82) is 0 Å². The molecule has 2 nitrogen and oxygen atoms in total. The summed E-state index contributed by atoms with van der Waals surface area (Å²) >= 11 is 0. The zero-order valence-corrected chi connectivity index (χ0v) is 13.7. The minimum atomic E-state index is 1.04. The quantitative estimate of drug-likeness (QED) is 0.436. The highest BCUT2D eigenvalue weighted by Gasteiger charge is 2.03. The van der Waals surface area contributed by atoms with Crippen molar-refractivity contribution in [2.75, 3.05) is 5.75 Å². The number of hydrogen-bond acceptors (Lipinski definition) is 4. The van der Waals surface area contributed by atoms with Crippen LogP contribution in [-0.2, 0) is 0 Å². The number of nitrogens with zero attached hydrogens (tertiary/aromatic N) is 2. The molecule has 0 N–H and O–H groups in total. The predicted octanol–water partition coefficient (Wildman–Crippen LogP) is 5.73. The van der Waals surface area contributed by atoms with Crippen LogP contribution in [0.15, 0.2) is 35.5 Å². The summed E-state index contributed by atoms with van der Waals surface area (Å²) in [6.07, 6.45) is 9.97. The minimum absolute atomic E-state index is 1.04. The number of hydrogen-bond donors (Lipinski definition) is 0. The van der Waals surface area contributed by atoms with E-state index in [4.69, 9.17) is 0 Å². The summed E-state index contributed by atoms with van der Waals surface area (Å²) in [5, 5.41) is 11.8. The second-order valence-corrected chi connectivity index (χ2v) is 7.31. The van der Waals surface area contributed by atoms with E-state index in [2.05, 4.69) is 35.3 Å². The van der Waals surface area contributed by atoms with Crippen LogP contribution < -0.4 is 0 Å². The van der Waals surface area contributed by atoms with E-state index in [0.717, 1.165) is 5.03 Å². The van der Waals surface area contributed by atoms with Crippen molar-refractivity contribution in [3.8, 4) is 0 Å². The number of benzene rings is 1. The number of unbranched alkanes of at least 4 members (excludes halogenated alkanes) is 5. The standard InChI is InChI=1S/C16H22N2S2/c1-2-3-4-5-6-9-12-19-20-16-15-11-8-7-10-14(15)13-17-18-16/h7-8,10-11,13H,2-6,9,12H2,1H3. The number of rotatable bonds is 9. The van der Waals surface area contributed by atoms with Crippen molar-refractivity contribution < 1.29 is 0 Å². The first-order valence-corrected chi connectivity index (χ1v) is 9.73. The molecular formula is C16H22N2S2. The second kappa shape index (κ2) is 9.24. The summed E-state index contributed by atoms with van der Waals surface area (Å²) in [4.78, 5) is 0. The third-order valence-electron chi connectivity index (χ3n) is 3.26. The van der Waals surface area contributed by atoms with E-state index in [0.29, 0.717) is 0 Å². The SMILES string of the molecule is CCCCCCCCSSc1nncc2ccccc12. The highest BCUT2D eigenvalue weighted by molar-refractivity contribution is 8.76. The lowest BCUT2D eigenvalue weighted by Gasteiger charge is -2.03. The van der Waals surface area contributed by atoms with Gasteiger partial charge in [0.15, 0.2) is 0 Å². The van der Waals surface area contributed by atoms with Crippen molar-refractivity contribution in [3.05, 3.63) is 30.5 Å². The molecular weight excluding hydrogens is 284 g/mol. The average molecular weight is 307 g/mol. The van der Waals surface area contributed by atoms with E-state index in [9.17, 15) is 0 Å². The molecule has 0 aliphatic carbocycles. The Kier molecular flexibility index (Phi) is 7.23. The van der Waals surface area contributed by atoms with Crippen molar-refractivity contribution in [3.63, 3.8) is 0 Å². The zero-order chi connectivity index (χ0) is 14.0. The van der Waals surface area contributed by atoms with E-state index in [1.165, 1.54) is 55.1 Å². The Bertz CT molecular complexity index is 511. The van der Waals surface area contributed by atoms with Crippen LogP contribution in [-0.4, -0.2) is 16.0 Å². The van der Waals surface area contributed by atoms with Crippen LogP contribution >= 0.6 is 21.6 Å². The molecule has 2 rings (SSSR count). The van der Waals surface area contributed by atoms with Crippen LogP contribution in [0.1, 0.15) is 45.4 Å². The third-order valence-corrected chi connectivity index (χ3v) is 5.62. The monoisotopic (exact) mass is 306 g/mol. The van der Waals surface area contributed by atoms with Crippen molar-refractivity contribution in [2.45, 2.75) is 50.5 Å². The van der Waals surface area contributed by atoms with E-state index in [-0.39, 0.29) is 0 Å². The molecule has 20 heavy (non-hydrogen) atoms. The normalized spacial score (nSPS) is 11.1. The Labute approximate surface area is 129 Å². The molecule has 1 aromatic heterocycles. The Balaban J connectivity index is 1.71. The van der Waals surface area contributed by atoms with Crippen molar-refractivity contribution >= 4 is 32.4 Å². The van der Waals surface area contributed by atoms with Gasteiger partial charge in [-0.1, -0.05) is 74.1 Å². The summed E-state index contributed by atoms with van der Waals surface area (Å²) in [7, 11) is 3.66. The van der Waals surface area contributed by atoms with Crippen LogP contribution in [0.4, 0.5) is 0 Å². The molecule has 0 unspecified atom stereocenters. The molecule has 1 aromatic carbocycles. The molecule has 1 heterocycles. The minimum Gasteiger partial charge on any atom is -0.157 e. The molecule has 0 aliphatic rings. The summed E-state index contributed by atoms with van der Waals surface area (Å²) in [6.45, 7) is 2.26. The lowest BCUT2D eigenvalue weighted by atomic mass is 10.1. The maximum atomic E-state index is 4.26.